The smallest absolute Gasteiger partial charge is 0.347 e. The quantitative estimate of drug-likeness (QED) is 0.378. The van der Waals surface area contributed by atoms with E-state index in [0.717, 1.165) is 55.5 Å². The molecule has 0 radical (unpaired) electrons. The molecule has 0 amide bonds. The molecule has 0 spiro atoms. The molecule has 3 aliphatic rings. The van der Waals surface area contributed by atoms with E-state index in [2.05, 4.69) is 10.6 Å². The van der Waals surface area contributed by atoms with Crippen LogP contribution in [0, 0.1) is 0 Å². The van der Waals surface area contributed by atoms with Crippen LogP contribution in [0.15, 0.2) is 33.5 Å². The molecule has 0 fully saturated rings. The van der Waals surface area contributed by atoms with Gasteiger partial charge in [-0.1, -0.05) is 0 Å². The molecule has 0 bridgehead atoms. The maximum Gasteiger partial charge on any atom is 0.347 e. The highest BCUT2D eigenvalue weighted by atomic mass is 16.5. The Bertz CT molecular complexity index is 1350. The lowest BCUT2D eigenvalue weighted by molar-refractivity contribution is 0.407. The summed E-state index contributed by atoms with van der Waals surface area (Å²) in [5.41, 5.74) is 3.70. The molecular formula is C23H20NO4+. The number of ether oxygens (including phenoxy) is 2. The van der Waals surface area contributed by atoms with Gasteiger partial charge in [-0.15, -0.1) is 0 Å². The highest BCUT2D eigenvalue weighted by molar-refractivity contribution is 5.88. The van der Waals surface area contributed by atoms with Gasteiger partial charge in [0.05, 0.1) is 18.1 Å². The maximum absolute atomic E-state index is 12.8. The third-order valence-electron chi connectivity index (χ3n) is 6.11. The summed E-state index contributed by atoms with van der Waals surface area (Å²) in [5, 5.41) is 2.67. The summed E-state index contributed by atoms with van der Waals surface area (Å²) in [6, 6.07) is 7.79. The summed E-state index contributed by atoms with van der Waals surface area (Å²) >= 11 is 0. The molecule has 0 unspecified atom stereocenters. The molecular weight excluding hydrogens is 354 g/mol. The minimum Gasteiger partial charge on any atom is -0.497 e. The van der Waals surface area contributed by atoms with Crippen molar-refractivity contribution in [2.24, 2.45) is 0 Å². The van der Waals surface area contributed by atoms with Crippen LogP contribution in [0.4, 0.5) is 0 Å². The molecule has 0 atom stereocenters. The van der Waals surface area contributed by atoms with E-state index < -0.39 is 0 Å². The van der Waals surface area contributed by atoms with Gasteiger partial charge in [0, 0.05) is 30.0 Å². The number of hydrogen-bond donors (Lipinski definition) is 0. The number of methoxy groups -OCH3 is 1. The van der Waals surface area contributed by atoms with Gasteiger partial charge < -0.3 is 13.9 Å². The van der Waals surface area contributed by atoms with Crippen LogP contribution >= 0.6 is 0 Å². The van der Waals surface area contributed by atoms with Crippen LogP contribution in [-0.2, 0) is 12.8 Å². The number of nitrogens with zero attached hydrogens (tertiary/aromatic N) is 1. The molecule has 0 aliphatic carbocycles. The fourth-order valence-corrected chi connectivity index (χ4v) is 4.85. The first kappa shape index (κ1) is 15.9. The number of fused-ring (bicyclic) bond motifs is 5. The summed E-state index contributed by atoms with van der Waals surface area (Å²) < 4.78 is 19.9. The van der Waals surface area contributed by atoms with Crippen molar-refractivity contribution in [3.8, 4) is 17.2 Å². The lowest BCUT2D eigenvalue weighted by atomic mass is 9.93. The number of benzene rings is 2. The van der Waals surface area contributed by atoms with E-state index in [-0.39, 0.29) is 5.63 Å². The third-order valence-corrected chi connectivity index (χ3v) is 6.11. The van der Waals surface area contributed by atoms with E-state index in [1.165, 1.54) is 16.5 Å². The van der Waals surface area contributed by atoms with Crippen molar-refractivity contribution >= 4 is 17.0 Å². The molecule has 5 nitrogen and oxygen atoms in total. The fourth-order valence-electron chi connectivity index (χ4n) is 4.85. The Balaban J connectivity index is 1.72. The average Bonchev–Trinajstić information content (AvgIpc) is 2.73. The average molecular weight is 374 g/mol. The van der Waals surface area contributed by atoms with Crippen LogP contribution in [0.5, 0.6) is 17.2 Å². The van der Waals surface area contributed by atoms with Gasteiger partial charge in [0.1, 0.15) is 29.8 Å². The molecule has 0 saturated carbocycles. The second kappa shape index (κ2) is 5.71. The van der Waals surface area contributed by atoms with Gasteiger partial charge in [-0.2, -0.15) is 0 Å². The van der Waals surface area contributed by atoms with Gasteiger partial charge in [0.15, 0.2) is 11.3 Å². The predicted molar refractivity (Wildman–Crippen MR) is 106 cm³/mol. The van der Waals surface area contributed by atoms with Crippen molar-refractivity contribution < 1.29 is 13.9 Å². The summed E-state index contributed by atoms with van der Waals surface area (Å²) in [7, 11) is 1.63. The molecule has 0 saturated heterocycles. The first-order valence-corrected chi connectivity index (χ1v) is 9.84. The van der Waals surface area contributed by atoms with Gasteiger partial charge in [-0.3, -0.25) is 0 Å². The fraction of sp³-hybridized carbons (Fsp3) is 0.304. The van der Waals surface area contributed by atoms with E-state index in [1.807, 2.05) is 24.3 Å². The zero-order chi connectivity index (χ0) is 18.8. The normalized spacial score (nSPS) is 16.5. The Morgan fingerprint density at radius 2 is 1.96 bits per heavy atom. The molecule has 4 heterocycles. The first-order valence-electron chi connectivity index (χ1n) is 9.84. The summed E-state index contributed by atoms with van der Waals surface area (Å²) in [6.45, 7) is 2.16. The van der Waals surface area contributed by atoms with Crippen LogP contribution in [0.25, 0.3) is 17.0 Å². The predicted octanol–water partition coefficient (Wildman–Crippen LogP) is 2.12. The van der Waals surface area contributed by atoms with Crippen molar-refractivity contribution in [2.75, 3.05) is 20.2 Å². The molecule has 0 N–H and O–H groups in total. The third kappa shape index (κ3) is 2.13. The number of hydrogen-bond acceptors (Lipinski definition) is 4. The largest absolute Gasteiger partial charge is 0.497 e. The molecule has 3 aliphatic heterocycles. The van der Waals surface area contributed by atoms with Crippen molar-refractivity contribution in [1.82, 2.24) is 4.58 Å². The van der Waals surface area contributed by atoms with Crippen LogP contribution < -0.4 is 30.3 Å². The van der Waals surface area contributed by atoms with Gasteiger partial charge in [0.2, 0.25) is 5.36 Å². The minimum absolute atomic E-state index is 0.340. The molecule has 6 rings (SSSR count). The second-order valence-electron chi connectivity index (χ2n) is 7.72. The van der Waals surface area contributed by atoms with E-state index >= 15 is 0 Å². The van der Waals surface area contributed by atoms with Crippen molar-refractivity contribution in [2.45, 2.75) is 25.7 Å². The molecule has 1 aromatic heterocycles. The zero-order valence-electron chi connectivity index (χ0n) is 15.7. The van der Waals surface area contributed by atoms with Gasteiger partial charge in [0.25, 0.3) is 0 Å². The highest BCUT2D eigenvalue weighted by Crippen LogP contribution is 2.35. The molecule has 5 heteroatoms. The van der Waals surface area contributed by atoms with E-state index in [4.69, 9.17) is 13.9 Å². The zero-order valence-corrected chi connectivity index (χ0v) is 15.7. The lowest BCUT2D eigenvalue weighted by Gasteiger charge is -2.21. The van der Waals surface area contributed by atoms with E-state index in [1.54, 1.807) is 7.11 Å². The van der Waals surface area contributed by atoms with E-state index in [9.17, 15) is 4.79 Å². The second-order valence-corrected chi connectivity index (χ2v) is 7.72. The Kier molecular flexibility index (Phi) is 3.25. The Morgan fingerprint density at radius 1 is 1.11 bits per heavy atom. The standard InChI is InChI=1S/C23H20NO4/c1-26-15-7-6-13-10-18-22(27-19(13)12-15)17-11-14-4-2-8-24-9-3-5-16(20(14)24)21(17)28-23(18)25/h6-7,10-12H,2-5,8-9H2,1H3/q+1. The van der Waals surface area contributed by atoms with Crippen molar-refractivity contribution in [3.63, 3.8) is 0 Å². The molecule has 28 heavy (non-hydrogen) atoms. The Labute approximate surface area is 161 Å². The first-order chi connectivity index (χ1) is 13.7. The maximum atomic E-state index is 12.8. The Hall–Kier alpha value is -3.08. The monoisotopic (exact) mass is 374 g/mol. The van der Waals surface area contributed by atoms with Crippen molar-refractivity contribution in [1.29, 1.82) is 0 Å². The minimum atomic E-state index is -0.340. The highest BCUT2D eigenvalue weighted by Gasteiger charge is 2.29. The van der Waals surface area contributed by atoms with Crippen LogP contribution in [0.2, 0.25) is 0 Å². The van der Waals surface area contributed by atoms with Crippen LogP contribution in [-0.4, -0.2) is 20.2 Å². The van der Waals surface area contributed by atoms with Gasteiger partial charge >= 0.3 is 5.63 Å². The lowest BCUT2D eigenvalue weighted by Crippen LogP contribution is -2.43. The van der Waals surface area contributed by atoms with Crippen molar-refractivity contribution in [3.05, 3.63) is 62.0 Å². The molecule has 3 aromatic rings. The molecule has 2 aromatic carbocycles. The summed E-state index contributed by atoms with van der Waals surface area (Å²) in [6.07, 6.45) is 6.09. The number of aryl methyl sites for hydroxylation is 2. The van der Waals surface area contributed by atoms with Crippen LogP contribution in [0.3, 0.4) is 0 Å². The number of rotatable bonds is 1. The molecule has 140 valence electrons. The SMILES string of the molecule is COc1ccc2c(c1)Oc1c(c(=O)oc3c4c5c(cc13)CCC[N+]=5CCC4)=C2. The van der Waals surface area contributed by atoms with Gasteiger partial charge in [-0.25, -0.2) is 9.37 Å². The van der Waals surface area contributed by atoms with Crippen LogP contribution in [0.1, 0.15) is 29.5 Å². The summed E-state index contributed by atoms with van der Waals surface area (Å²) in [5.74, 6) is 2.03. The summed E-state index contributed by atoms with van der Waals surface area (Å²) in [4.78, 5) is 12.8. The topological polar surface area (TPSA) is 51.7 Å². The van der Waals surface area contributed by atoms with Gasteiger partial charge in [-0.05, 0) is 37.1 Å². The Morgan fingerprint density at radius 3 is 2.82 bits per heavy atom. The van der Waals surface area contributed by atoms with E-state index in [0.29, 0.717) is 22.3 Å².